The predicted molar refractivity (Wildman–Crippen MR) is 136 cm³/mol. The third-order valence-electron chi connectivity index (χ3n) is 5.79. The highest BCUT2D eigenvalue weighted by atomic mass is 16.6. The van der Waals surface area contributed by atoms with Crippen LogP contribution in [0.2, 0.25) is 0 Å². The lowest BCUT2D eigenvalue weighted by atomic mass is 10.0. The van der Waals surface area contributed by atoms with Crippen molar-refractivity contribution in [2.24, 2.45) is 4.99 Å². The SMILES string of the molecule is C[C@H](NC(=O)Cc1cccc([N+](=O)[O-])c1)C(=O)N[C@H]1N=C(c2ccccn2)c2ccccc2N(C)C1=O. The Morgan fingerprint density at radius 2 is 1.86 bits per heavy atom. The number of pyridine rings is 1. The number of nitro benzene ring substituents is 1. The van der Waals surface area contributed by atoms with Crippen molar-refractivity contribution in [2.45, 2.75) is 25.6 Å². The van der Waals surface area contributed by atoms with E-state index >= 15 is 0 Å². The summed E-state index contributed by atoms with van der Waals surface area (Å²) >= 11 is 0. The Balaban J connectivity index is 1.51. The fraction of sp³-hybridized carbons (Fsp3) is 0.192. The standard InChI is InChI=1S/C26H24N6O5/c1-16(28-22(33)15-17-8-7-9-18(14-17)32(36)37)25(34)30-24-26(35)31(2)21-12-4-3-10-19(21)23(29-24)20-11-5-6-13-27-20/h3-14,16,24H,15H2,1-2H3,(H,28,33)(H,30,34)/t16-,24+/m0/s1. The number of aliphatic imine (C=N–C) groups is 1. The Kier molecular flexibility index (Phi) is 7.33. The Hall–Kier alpha value is -4.93. The van der Waals surface area contributed by atoms with Crippen molar-refractivity contribution in [3.8, 4) is 0 Å². The number of nitrogens with zero attached hydrogens (tertiary/aromatic N) is 4. The summed E-state index contributed by atoms with van der Waals surface area (Å²) in [7, 11) is 1.60. The van der Waals surface area contributed by atoms with E-state index in [0.717, 1.165) is 0 Å². The summed E-state index contributed by atoms with van der Waals surface area (Å²) in [6.07, 6.45) is 0.212. The first-order chi connectivity index (χ1) is 17.7. The lowest BCUT2D eigenvalue weighted by molar-refractivity contribution is -0.384. The quantitative estimate of drug-likeness (QED) is 0.375. The summed E-state index contributed by atoms with van der Waals surface area (Å²) in [5.74, 6) is -1.58. The minimum atomic E-state index is -1.25. The van der Waals surface area contributed by atoms with Gasteiger partial charge in [0.15, 0.2) is 0 Å². The number of amides is 3. The summed E-state index contributed by atoms with van der Waals surface area (Å²) in [6, 6.07) is 17.3. The number of likely N-dealkylation sites (N-methyl/N-ethyl adjacent to an activating group) is 1. The van der Waals surface area contributed by atoms with Gasteiger partial charge in [-0.25, -0.2) is 4.99 Å². The smallest absolute Gasteiger partial charge is 0.272 e. The molecule has 0 saturated heterocycles. The van der Waals surface area contributed by atoms with Gasteiger partial charge in [-0.3, -0.25) is 29.5 Å². The number of fused-ring (bicyclic) bond motifs is 1. The first kappa shape index (κ1) is 25.2. The molecule has 0 spiro atoms. The molecule has 11 heteroatoms. The summed E-state index contributed by atoms with van der Waals surface area (Å²) in [5, 5.41) is 16.1. The maximum Gasteiger partial charge on any atom is 0.272 e. The van der Waals surface area contributed by atoms with Crippen molar-refractivity contribution in [3.05, 3.63) is 99.9 Å². The predicted octanol–water partition coefficient (Wildman–Crippen LogP) is 1.99. The molecule has 3 amide bonds. The number of rotatable bonds is 7. The second-order valence-electron chi connectivity index (χ2n) is 8.41. The van der Waals surface area contributed by atoms with Crippen LogP contribution in [0.4, 0.5) is 11.4 Å². The van der Waals surface area contributed by atoms with Gasteiger partial charge in [-0.1, -0.05) is 36.4 Å². The van der Waals surface area contributed by atoms with Gasteiger partial charge in [-0.2, -0.15) is 0 Å². The molecule has 1 aliphatic heterocycles. The van der Waals surface area contributed by atoms with Crippen LogP contribution in [0.3, 0.4) is 0 Å². The summed E-state index contributed by atoms with van der Waals surface area (Å²) in [5.41, 5.74) is 2.59. The number of aromatic nitrogens is 1. The maximum atomic E-state index is 13.2. The van der Waals surface area contributed by atoms with Crippen molar-refractivity contribution in [1.29, 1.82) is 0 Å². The van der Waals surface area contributed by atoms with E-state index in [-0.39, 0.29) is 12.1 Å². The number of anilines is 1. The van der Waals surface area contributed by atoms with Crippen LogP contribution in [0.5, 0.6) is 0 Å². The Bertz CT molecular complexity index is 1390. The number of benzodiazepines with no additional fused rings is 1. The summed E-state index contributed by atoms with van der Waals surface area (Å²) in [4.78, 5) is 59.4. The van der Waals surface area contributed by atoms with Gasteiger partial charge in [0.05, 0.1) is 28.4 Å². The van der Waals surface area contributed by atoms with Gasteiger partial charge < -0.3 is 15.5 Å². The van der Waals surface area contributed by atoms with Crippen LogP contribution in [0.1, 0.15) is 23.7 Å². The number of carbonyl (C=O) groups excluding carboxylic acids is 3. The van der Waals surface area contributed by atoms with E-state index in [2.05, 4.69) is 20.6 Å². The molecule has 0 unspecified atom stereocenters. The molecule has 2 atom stereocenters. The van der Waals surface area contributed by atoms with E-state index in [4.69, 9.17) is 0 Å². The molecule has 11 nitrogen and oxygen atoms in total. The fourth-order valence-electron chi connectivity index (χ4n) is 3.91. The normalized spacial score (nSPS) is 15.6. The van der Waals surface area contributed by atoms with Gasteiger partial charge in [0, 0.05) is 30.9 Å². The van der Waals surface area contributed by atoms with Crippen molar-refractivity contribution in [3.63, 3.8) is 0 Å². The van der Waals surface area contributed by atoms with Crippen LogP contribution >= 0.6 is 0 Å². The number of para-hydroxylation sites is 1. The van der Waals surface area contributed by atoms with Gasteiger partial charge >= 0.3 is 0 Å². The highest BCUT2D eigenvalue weighted by Crippen LogP contribution is 2.26. The molecule has 2 heterocycles. The van der Waals surface area contributed by atoms with Gasteiger partial charge in [0.1, 0.15) is 6.04 Å². The van der Waals surface area contributed by atoms with Crippen LogP contribution in [-0.2, 0) is 20.8 Å². The molecule has 1 aromatic heterocycles. The highest BCUT2D eigenvalue weighted by Gasteiger charge is 2.32. The zero-order valence-electron chi connectivity index (χ0n) is 20.1. The van der Waals surface area contributed by atoms with E-state index in [1.807, 2.05) is 12.1 Å². The van der Waals surface area contributed by atoms with E-state index in [9.17, 15) is 24.5 Å². The molecule has 2 aromatic carbocycles. The average molecular weight is 501 g/mol. The number of nitro groups is 1. The van der Waals surface area contributed by atoms with E-state index in [0.29, 0.717) is 28.2 Å². The van der Waals surface area contributed by atoms with Crippen LogP contribution in [-0.4, -0.2) is 52.6 Å². The molecule has 0 fully saturated rings. The molecule has 2 N–H and O–H groups in total. The van der Waals surface area contributed by atoms with Crippen LogP contribution < -0.4 is 15.5 Å². The van der Waals surface area contributed by atoms with Crippen molar-refractivity contribution in [1.82, 2.24) is 15.6 Å². The first-order valence-corrected chi connectivity index (χ1v) is 11.4. The summed E-state index contributed by atoms with van der Waals surface area (Å²) in [6.45, 7) is 1.48. The van der Waals surface area contributed by atoms with Crippen molar-refractivity contribution < 1.29 is 19.3 Å². The molecule has 1 aliphatic rings. The molecule has 37 heavy (non-hydrogen) atoms. The van der Waals surface area contributed by atoms with Gasteiger partial charge in [-0.05, 0) is 30.7 Å². The van der Waals surface area contributed by atoms with Crippen LogP contribution in [0.15, 0.2) is 77.9 Å². The Morgan fingerprint density at radius 3 is 2.59 bits per heavy atom. The number of hydrogen-bond donors (Lipinski definition) is 2. The zero-order valence-corrected chi connectivity index (χ0v) is 20.1. The van der Waals surface area contributed by atoms with Gasteiger partial charge in [0.2, 0.25) is 18.0 Å². The molecular formula is C26H24N6O5. The monoisotopic (exact) mass is 500 g/mol. The summed E-state index contributed by atoms with van der Waals surface area (Å²) < 4.78 is 0. The van der Waals surface area contributed by atoms with Crippen molar-refractivity contribution in [2.75, 3.05) is 11.9 Å². The Labute approximate surface area is 212 Å². The molecule has 4 rings (SSSR count). The average Bonchev–Trinajstić information content (AvgIpc) is 3.00. The minimum Gasteiger partial charge on any atom is -0.344 e. The largest absolute Gasteiger partial charge is 0.344 e. The lowest BCUT2D eigenvalue weighted by Gasteiger charge is -2.22. The second-order valence-corrected chi connectivity index (χ2v) is 8.41. The van der Waals surface area contributed by atoms with Gasteiger partial charge in [-0.15, -0.1) is 0 Å². The fourth-order valence-corrected chi connectivity index (χ4v) is 3.91. The highest BCUT2D eigenvalue weighted by molar-refractivity contribution is 6.19. The van der Waals surface area contributed by atoms with Gasteiger partial charge in [0.25, 0.3) is 11.6 Å². The molecule has 0 bridgehead atoms. The van der Waals surface area contributed by atoms with Crippen molar-refractivity contribution >= 4 is 34.8 Å². The number of non-ortho nitro benzene ring substituents is 1. The molecule has 3 aromatic rings. The number of carbonyl (C=O) groups is 3. The van der Waals surface area contributed by atoms with E-state index in [1.54, 1.807) is 49.6 Å². The molecule has 0 aliphatic carbocycles. The number of nitrogens with one attached hydrogen (secondary N) is 2. The van der Waals surface area contributed by atoms with Crippen LogP contribution in [0, 0.1) is 10.1 Å². The lowest BCUT2D eigenvalue weighted by Crippen LogP contribution is -2.52. The number of benzene rings is 2. The number of hydrogen-bond acceptors (Lipinski definition) is 7. The molecular weight excluding hydrogens is 476 g/mol. The minimum absolute atomic E-state index is 0.130. The molecule has 188 valence electrons. The topological polar surface area (TPSA) is 147 Å². The van der Waals surface area contributed by atoms with E-state index < -0.39 is 34.9 Å². The third-order valence-corrected chi connectivity index (χ3v) is 5.79. The maximum absolute atomic E-state index is 13.2. The first-order valence-electron chi connectivity index (χ1n) is 11.4. The second kappa shape index (κ2) is 10.8. The molecule has 0 saturated carbocycles. The molecule has 0 radical (unpaired) electrons. The zero-order chi connectivity index (χ0) is 26.5. The van der Waals surface area contributed by atoms with Crippen LogP contribution in [0.25, 0.3) is 0 Å². The Morgan fingerprint density at radius 1 is 1.11 bits per heavy atom. The third kappa shape index (κ3) is 5.67. The van der Waals surface area contributed by atoms with E-state index in [1.165, 1.54) is 30.0 Å².